The molecule has 30 heavy (non-hydrogen) atoms. The fraction of sp³-hybridized carbons (Fsp3) is 0.421. The average Bonchev–Trinajstić information content (AvgIpc) is 3.37. The Morgan fingerprint density at radius 1 is 1.23 bits per heavy atom. The summed E-state index contributed by atoms with van der Waals surface area (Å²) >= 11 is 0. The molecule has 0 unspecified atom stereocenters. The van der Waals surface area contributed by atoms with Crippen molar-refractivity contribution in [1.29, 1.82) is 0 Å². The van der Waals surface area contributed by atoms with Gasteiger partial charge in [-0.15, -0.1) is 5.10 Å². The maximum Gasteiger partial charge on any atom is 0.333 e. The van der Waals surface area contributed by atoms with E-state index in [0.717, 1.165) is 4.57 Å². The van der Waals surface area contributed by atoms with Crippen LogP contribution >= 0.6 is 0 Å². The maximum atomic E-state index is 13.3. The van der Waals surface area contributed by atoms with Crippen LogP contribution < -0.4 is 11.2 Å². The van der Waals surface area contributed by atoms with Crippen LogP contribution in [0.2, 0.25) is 0 Å². The van der Waals surface area contributed by atoms with Gasteiger partial charge in [-0.3, -0.25) is 18.9 Å². The zero-order chi connectivity index (χ0) is 21.3. The number of hydrogen-bond acceptors (Lipinski definition) is 7. The summed E-state index contributed by atoms with van der Waals surface area (Å²) in [5, 5.41) is 17.2. The molecule has 11 heteroatoms. The molecule has 0 spiro atoms. The fourth-order valence-corrected chi connectivity index (χ4v) is 3.48. The van der Waals surface area contributed by atoms with Gasteiger partial charge in [0, 0.05) is 18.0 Å². The van der Waals surface area contributed by atoms with E-state index in [1.165, 1.54) is 33.8 Å². The Balaban J connectivity index is 1.58. The van der Waals surface area contributed by atoms with E-state index in [1.54, 1.807) is 13.1 Å². The summed E-state index contributed by atoms with van der Waals surface area (Å²) in [5.41, 5.74) is 0.327. The first-order chi connectivity index (χ1) is 14.4. The first kappa shape index (κ1) is 20.1. The summed E-state index contributed by atoms with van der Waals surface area (Å²) in [7, 11) is 0. The SMILES string of the molecule is Cc1cn([C@H]2CC[C@@H](CO)O2)c(=O)n(Cc2cn(Cc3cc(F)ccn3)nn2)c1=O. The third-order valence-electron chi connectivity index (χ3n) is 4.97. The molecule has 1 aliphatic rings. The van der Waals surface area contributed by atoms with Gasteiger partial charge in [0.2, 0.25) is 0 Å². The van der Waals surface area contributed by atoms with Crippen molar-refractivity contribution in [3.63, 3.8) is 0 Å². The Hall–Kier alpha value is -3.18. The lowest BCUT2D eigenvalue weighted by molar-refractivity contribution is -0.0253. The van der Waals surface area contributed by atoms with Gasteiger partial charge in [0.15, 0.2) is 0 Å². The lowest BCUT2D eigenvalue weighted by Crippen LogP contribution is -2.42. The molecule has 3 aromatic heterocycles. The van der Waals surface area contributed by atoms with Crippen LogP contribution in [-0.4, -0.2) is 46.9 Å². The van der Waals surface area contributed by atoms with Crippen molar-refractivity contribution < 1.29 is 14.2 Å². The van der Waals surface area contributed by atoms with Crippen molar-refractivity contribution in [3.8, 4) is 0 Å². The monoisotopic (exact) mass is 416 g/mol. The van der Waals surface area contributed by atoms with Gasteiger partial charge in [0.1, 0.15) is 17.7 Å². The highest BCUT2D eigenvalue weighted by atomic mass is 19.1. The predicted molar refractivity (Wildman–Crippen MR) is 102 cm³/mol. The number of aliphatic hydroxyl groups is 1. The molecule has 1 N–H and O–H groups in total. The van der Waals surface area contributed by atoms with Gasteiger partial charge in [-0.2, -0.15) is 0 Å². The lowest BCUT2D eigenvalue weighted by atomic mass is 10.2. The first-order valence-electron chi connectivity index (χ1n) is 9.53. The van der Waals surface area contributed by atoms with Crippen LogP contribution in [0.4, 0.5) is 4.39 Å². The number of ether oxygens (including phenoxy) is 1. The average molecular weight is 416 g/mol. The number of rotatable bonds is 6. The number of pyridine rings is 1. The summed E-state index contributed by atoms with van der Waals surface area (Å²) in [4.78, 5) is 29.6. The minimum absolute atomic E-state index is 0.0634. The molecule has 2 atom stereocenters. The Labute approximate surface area is 170 Å². The molecule has 0 bridgehead atoms. The van der Waals surface area contributed by atoms with E-state index in [4.69, 9.17) is 4.74 Å². The van der Waals surface area contributed by atoms with Gasteiger partial charge >= 0.3 is 5.69 Å². The number of aliphatic hydroxyl groups excluding tert-OH is 1. The quantitative estimate of drug-likeness (QED) is 0.610. The van der Waals surface area contributed by atoms with Crippen LogP contribution in [0.3, 0.4) is 0 Å². The number of nitrogens with zero attached hydrogens (tertiary/aromatic N) is 6. The normalized spacial score (nSPS) is 18.8. The lowest BCUT2D eigenvalue weighted by Gasteiger charge is -2.17. The number of halogens is 1. The van der Waals surface area contributed by atoms with Crippen molar-refractivity contribution in [2.24, 2.45) is 0 Å². The van der Waals surface area contributed by atoms with Crippen LogP contribution in [0, 0.1) is 12.7 Å². The van der Waals surface area contributed by atoms with Gasteiger partial charge in [-0.1, -0.05) is 5.21 Å². The summed E-state index contributed by atoms with van der Waals surface area (Å²) in [6.45, 7) is 1.65. The predicted octanol–water partition coefficient (Wildman–Crippen LogP) is 0.211. The highest BCUT2D eigenvalue weighted by Gasteiger charge is 2.28. The van der Waals surface area contributed by atoms with Crippen molar-refractivity contribution in [2.75, 3.05) is 6.61 Å². The van der Waals surface area contributed by atoms with Crippen molar-refractivity contribution in [1.82, 2.24) is 29.1 Å². The van der Waals surface area contributed by atoms with Gasteiger partial charge in [0.05, 0.1) is 37.7 Å². The molecule has 158 valence electrons. The molecule has 1 saturated heterocycles. The fourth-order valence-electron chi connectivity index (χ4n) is 3.48. The molecule has 4 heterocycles. The molecular formula is C19H21FN6O4. The molecule has 1 aliphatic heterocycles. The van der Waals surface area contributed by atoms with Crippen LogP contribution in [0.25, 0.3) is 0 Å². The Morgan fingerprint density at radius 3 is 2.80 bits per heavy atom. The molecule has 0 radical (unpaired) electrons. The van der Waals surface area contributed by atoms with Gasteiger partial charge in [-0.25, -0.2) is 13.9 Å². The summed E-state index contributed by atoms with van der Waals surface area (Å²) in [6.07, 6.45) is 4.78. The molecule has 1 fully saturated rings. The van der Waals surface area contributed by atoms with E-state index in [1.807, 2.05) is 0 Å². The smallest absolute Gasteiger partial charge is 0.333 e. The van der Waals surface area contributed by atoms with E-state index in [0.29, 0.717) is 29.8 Å². The molecular weight excluding hydrogens is 395 g/mol. The van der Waals surface area contributed by atoms with E-state index < -0.39 is 23.3 Å². The second-order valence-corrected chi connectivity index (χ2v) is 7.24. The van der Waals surface area contributed by atoms with Crippen LogP contribution in [0.15, 0.2) is 40.3 Å². The summed E-state index contributed by atoms with van der Waals surface area (Å²) in [5.74, 6) is -0.398. The highest BCUT2D eigenvalue weighted by molar-refractivity contribution is 5.08. The van der Waals surface area contributed by atoms with Crippen molar-refractivity contribution in [2.45, 2.75) is 45.2 Å². The standard InChI is InChI=1S/C19H21FN6O4/c1-12-7-25(17-3-2-16(11-27)30-17)19(29)26(18(12)28)10-15-9-24(23-22-15)8-14-6-13(20)4-5-21-14/h4-7,9,16-17,27H,2-3,8,10-11H2,1H3/t16-,17+/m0/s1. The number of aromatic nitrogens is 6. The van der Waals surface area contributed by atoms with Crippen molar-refractivity contribution in [3.05, 3.63) is 74.3 Å². The van der Waals surface area contributed by atoms with Gasteiger partial charge in [-0.05, 0) is 31.9 Å². The minimum Gasteiger partial charge on any atom is -0.394 e. The third-order valence-corrected chi connectivity index (χ3v) is 4.97. The second-order valence-electron chi connectivity index (χ2n) is 7.24. The topological polar surface area (TPSA) is 117 Å². The van der Waals surface area contributed by atoms with Crippen LogP contribution in [-0.2, 0) is 17.8 Å². The minimum atomic E-state index is -0.532. The second kappa shape index (κ2) is 8.28. The summed E-state index contributed by atoms with van der Waals surface area (Å²) < 4.78 is 22.9. The van der Waals surface area contributed by atoms with Gasteiger partial charge < -0.3 is 9.84 Å². The molecule has 4 rings (SSSR count). The van der Waals surface area contributed by atoms with Crippen molar-refractivity contribution >= 4 is 0 Å². The van der Waals surface area contributed by atoms with Crippen LogP contribution in [0.1, 0.15) is 36.0 Å². The Bertz CT molecular complexity index is 1170. The Kier molecular flexibility index (Phi) is 5.55. The first-order valence-corrected chi connectivity index (χ1v) is 9.53. The molecule has 0 aromatic carbocycles. The highest BCUT2D eigenvalue weighted by Crippen LogP contribution is 2.26. The van der Waals surface area contributed by atoms with Crippen LogP contribution in [0.5, 0.6) is 0 Å². The molecule has 3 aromatic rings. The molecule has 10 nitrogen and oxygen atoms in total. The van der Waals surface area contributed by atoms with Gasteiger partial charge in [0.25, 0.3) is 5.56 Å². The number of hydrogen-bond donors (Lipinski definition) is 1. The zero-order valence-electron chi connectivity index (χ0n) is 16.3. The number of aryl methyl sites for hydroxylation is 1. The van der Waals surface area contributed by atoms with E-state index in [2.05, 4.69) is 15.3 Å². The Morgan fingerprint density at radius 2 is 2.07 bits per heavy atom. The largest absolute Gasteiger partial charge is 0.394 e. The molecule has 0 saturated carbocycles. The van der Waals surface area contributed by atoms with E-state index in [-0.39, 0.29) is 25.8 Å². The van der Waals surface area contributed by atoms with E-state index in [9.17, 15) is 19.1 Å². The molecule has 0 amide bonds. The molecule has 0 aliphatic carbocycles. The summed E-state index contributed by atoms with van der Waals surface area (Å²) in [6, 6.07) is 2.55. The maximum absolute atomic E-state index is 13.3. The zero-order valence-corrected chi connectivity index (χ0v) is 16.3. The van der Waals surface area contributed by atoms with E-state index >= 15 is 0 Å². The third kappa shape index (κ3) is 4.07.